The molecule has 98 valence electrons. The highest BCUT2D eigenvalue weighted by atomic mass is 16.5. The first kappa shape index (κ1) is 12.9. The third-order valence-corrected chi connectivity index (χ3v) is 3.23. The molecule has 1 saturated heterocycles. The molecule has 1 fully saturated rings. The number of carboxylic acid groups (broad SMARTS) is 1. The van der Waals surface area contributed by atoms with E-state index in [0.717, 1.165) is 0 Å². The fraction of sp³-hybridized carbons (Fsp3) is 0.462. The van der Waals surface area contributed by atoms with Gasteiger partial charge < -0.3 is 14.9 Å². The van der Waals surface area contributed by atoms with Crippen molar-refractivity contribution in [1.82, 2.24) is 4.90 Å². The number of hydrogen-bond acceptors (Lipinski definition) is 3. The van der Waals surface area contributed by atoms with E-state index in [0.29, 0.717) is 5.56 Å². The normalized spacial score (nSPS) is 23.9. The summed E-state index contributed by atoms with van der Waals surface area (Å²) < 4.78 is 5.45. The Bertz CT molecular complexity index is 432. The SMILES string of the molecule is CC1(C)OCC(C(O)c2ccccc2)N1C(=O)O. The van der Waals surface area contributed by atoms with Crippen LogP contribution in [0.15, 0.2) is 30.3 Å². The summed E-state index contributed by atoms with van der Waals surface area (Å²) in [6.45, 7) is 3.55. The Morgan fingerprint density at radius 2 is 2.06 bits per heavy atom. The summed E-state index contributed by atoms with van der Waals surface area (Å²) in [5, 5.41) is 19.5. The van der Waals surface area contributed by atoms with Gasteiger partial charge in [0.15, 0.2) is 0 Å². The first-order valence-electron chi connectivity index (χ1n) is 5.83. The van der Waals surface area contributed by atoms with E-state index in [4.69, 9.17) is 4.74 Å². The van der Waals surface area contributed by atoms with E-state index in [1.807, 2.05) is 18.2 Å². The minimum Gasteiger partial charge on any atom is -0.465 e. The predicted octanol–water partition coefficient (Wildman–Crippen LogP) is 1.83. The molecule has 0 aliphatic carbocycles. The number of rotatable bonds is 2. The van der Waals surface area contributed by atoms with Crippen LogP contribution in [0.25, 0.3) is 0 Å². The van der Waals surface area contributed by atoms with Crippen LogP contribution in [0.4, 0.5) is 4.79 Å². The molecule has 0 bridgehead atoms. The number of hydrogen-bond donors (Lipinski definition) is 2. The average molecular weight is 251 g/mol. The average Bonchev–Trinajstić information content (AvgIpc) is 2.65. The summed E-state index contributed by atoms with van der Waals surface area (Å²) in [5.74, 6) is 0. The molecule has 0 aromatic heterocycles. The number of ether oxygens (including phenoxy) is 1. The molecule has 5 nitrogen and oxygen atoms in total. The molecule has 2 rings (SSSR count). The molecule has 0 spiro atoms. The van der Waals surface area contributed by atoms with Crippen LogP contribution in [0, 0.1) is 0 Å². The van der Waals surface area contributed by atoms with Crippen LogP contribution < -0.4 is 0 Å². The number of aliphatic hydroxyl groups excluding tert-OH is 1. The lowest BCUT2D eigenvalue weighted by Crippen LogP contribution is -2.49. The van der Waals surface area contributed by atoms with Crippen LogP contribution in [0.5, 0.6) is 0 Å². The number of aliphatic hydroxyl groups is 1. The van der Waals surface area contributed by atoms with Crippen molar-refractivity contribution in [2.24, 2.45) is 0 Å². The van der Waals surface area contributed by atoms with Crippen LogP contribution >= 0.6 is 0 Å². The second-order valence-electron chi connectivity index (χ2n) is 4.83. The zero-order chi connectivity index (χ0) is 13.3. The van der Waals surface area contributed by atoms with Gasteiger partial charge in [-0.3, -0.25) is 4.90 Å². The Hall–Kier alpha value is -1.59. The molecule has 2 unspecified atom stereocenters. The highest BCUT2D eigenvalue weighted by Crippen LogP contribution is 2.33. The first-order valence-corrected chi connectivity index (χ1v) is 5.83. The van der Waals surface area contributed by atoms with Gasteiger partial charge in [-0.2, -0.15) is 0 Å². The van der Waals surface area contributed by atoms with Gasteiger partial charge in [0.05, 0.1) is 12.6 Å². The van der Waals surface area contributed by atoms with Crippen molar-refractivity contribution in [2.75, 3.05) is 6.61 Å². The Morgan fingerprint density at radius 3 is 2.61 bits per heavy atom. The molecule has 1 aliphatic rings. The Balaban J connectivity index is 2.26. The summed E-state index contributed by atoms with van der Waals surface area (Å²) in [4.78, 5) is 12.5. The van der Waals surface area contributed by atoms with E-state index in [-0.39, 0.29) is 6.61 Å². The van der Waals surface area contributed by atoms with Gasteiger partial charge in [0.1, 0.15) is 11.8 Å². The fourth-order valence-electron chi connectivity index (χ4n) is 2.31. The van der Waals surface area contributed by atoms with Gasteiger partial charge in [-0.15, -0.1) is 0 Å². The molecule has 1 aromatic carbocycles. The lowest BCUT2D eigenvalue weighted by molar-refractivity contribution is -0.0466. The summed E-state index contributed by atoms with van der Waals surface area (Å²) in [6, 6.07) is 8.43. The number of nitrogens with zero attached hydrogens (tertiary/aromatic N) is 1. The zero-order valence-electron chi connectivity index (χ0n) is 10.4. The highest BCUT2D eigenvalue weighted by molar-refractivity contribution is 5.67. The van der Waals surface area contributed by atoms with Gasteiger partial charge in [-0.1, -0.05) is 30.3 Å². The molecule has 1 amide bonds. The second kappa shape index (κ2) is 4.59. The Morgan fingerprint density at radius 1 is 1.44 bits per heavy atom. The number of carbonyl (C=O) groups is 1. The zero-order valence-corrected chi connectivity index (χ0v) is 10.4. The van der Waals surface area contributed by atoms with E-state index in [9.17, 15) is 15.0 Å². The standard InChI is InChI=1S/C13H17NO4/c1-13(2)14(12(16)17)10(8-18-13)11(15)9-6-4-3-5-7-9/h3-7,10-11,15H,8H2,1-2H3,(H,16,17). The van der Waals surface area contributed by atoms with Crippen molar-refractivity contribution in [1.29, 1.82) is 0 Å². The third-order valence-electron chi connectivity index (χ3n) is 3.23. The quantitative estimate of drug-likeness (QED) is 0.841. The van der Waals surface area contributed by atoms with Gasteiger partial charge in [0.2, 0.25) is 0 Å². The van der Waals surface area contributed by atoms with Crippen LogP contribution in [0.3, 0.4) is 0 Å². The summed E-state index contributed by atoms with van der Waals surface area (Å²) in [5.41, 5.74) is -0.221. The van der Waals surface area contributed by atoms with Crippen molar-refractivity contribution in [3.05, 3.63) is 35.9 Å². The highest BCUT2D eigenvalue weighted by Gasteiger charge is 2.47. The van der Waals surface area contributed by atoms with Gasteiger partial charge in [-0.05, 0) is 19.4 Å². The van der Waals surface area contributed by atoms with Crippen molar-refractivity contribution >= 4 is 6.09 Å². The summed E-state index contributed by atoms with van der Waals surface area (Å²) in [6.07, 6.45) is -1.97. The lowest BCUT2D eigenvalue weighted by Gasteiger charge is -2.32. The van der Waals surface area contributed by atoms with Crippen molar-refractivity contribution in [2.45, 2.75) is 31.7 Å². The molecule has 0 radical (unpaired) electrons. The van der Waals surface area contributed by atoms with E-state index in [2.05, 4.69) is 0 Å². The largest absolute Gasteiger partial charge is 0.465 e. The monoisotopic (exact) mass is 251 g/mol. The van der Waals surface area contributed by atoms with Crippen molar-refractivity contribution < 1.29 is 19.7 Å². The Labute approximate surface area is 106 Å². The first-order chi connectivity index (χ1) is 8.43. The maximum atomic E-state index is 11.3. The van der Waals surface area contributed by atoms with Crippen molar-refractivity contribution in [3.8, 4) is 0 Å². The molecule has 1 heterocycles. The topological polar surface area (TPSA) is 70.0 Å². The maximum Gasteiger partial charge on any atom is 0.410 e. The van der Waals surface area contributed by atoms with E-state index >= 15 is 0 Å². The third kappa shape index (κ3) is 2.19. The van der Waals surface area contributed by atoms with E-state index < -0.39 is 24.0 Å². The molecule has 1 aromatic rings. The van der Waals surface area contributed by atoms with Crippen LogP contribution in [-0.2, 0) is 4.74 Å². The van der Waals surface area contributed by atoms with Crippen molar-refractivity contribution in [3.63, 3.8) is 0 Å². The fourth-order valence-corrected chi connectivity index (χ4v) is 2.31. The van der Waals surface area contributed by atoms with Crippen LogP contribution in [0.1, 0.15) is 25.5 Å². The van der Waals surface area contributed by atoms with Gasteiger partial charge in [-0.25, -0.2) is 4.79 Å². The number of amides is 1. The van der Waals surface area contributed by atoms with Crippen LogP contribution in [0.2, 0.25) is 0 Å². The smallest absolute Gasteiger partial charge is 0.410 e. The maximum absolute atomic E-state index is 11.3. The molecule has 2 N–H and O–H groups in total. The van der Waals surface area contributed by atoms with Gasteiger partial charge >= 0.3 is 6.09 Å². The summed E-state index contributed by atoms with van der Waals surface area (Å²) in [7, 11) is 0. The molecule has 1 aliphatic heterocycles. The van der Waals surface area contributed by atoms with Gasteiger partial charge in [0, 0.05) is 0 Å². The van der Waals surface area contributed by atoms with E-state index in [1.165, 1.54) is 4.90 Å². The number of benzene rings is 1. The predicted molar refractivity (Wildman–Crippen MR) is 65.1 cm³/mol. The van der Waals surface area contributed by atoms with Crippen LogP contribution in [-0.4, -0.2) is 39.6 Å². The Kier molecular flexibility index (Phi) is 3.28. The molecule has 18 heavy (non-hydrogen) atoms. The minimum absolute atomic E-state index is 0.190. The molecule has 5 heteroatoms. The molecule has 0 saturated carbocycles. The summed E-state index contributed by atoms with van der Waals surface area (Å²) >= 11 is 0. The molecular weight excluding hydrogens is 234 g/mol. The minimum atomic E-state index is -1.09. The second-order valence-corrected chi connectivity index (χ2v) is 4.83. The van der Waals surface area contributed by atoms with E-state index in [1.54, 1.807) is 26.0 Å². The lowest BCUT2D eigenvalue weighted by atomic mass is 10.0. The molecule has 2 atom stereocenters. The molecular formula is C13H17NO4. The van der Waals surface area contributed by atoms with Gasteiger partial charge in [0.25, 0.3) is 0 Å².